The molecule has 1 unspecified atom stereocenters. The molecule has 1 aliphatic rings. The van der Waals surface area contributed by atoms with Gasteiger partial charge in [-0.05, 0) is 43.6 Å². The van der Waals surface area contributed by atoms with Gasteiger partial charge in [-0.25, -0.2) is 0 Å². The summed E-state index contributed by atoms with van der Waals surface area (Å²) in [6, 6.07) is 6.17. The minimum absolute atomic E-state index is 0.150. The van der Waals surface area contributed by atoms with Gasteiger partial charge in [-0.2, -0.15) is 0 Å². The van der Waals surface area contributed by atoms with Crippen LogP contribution in [0.1, 0.15) is 25.8 Å². The number of ether oxygens (including phenoxy) is 2. The Labute approximate surface area is 96.8 Å². The van der Waals surface area contributed by atoms with E-state index in [0.717, 1.165) is 31.0 Å². The number of nitrogens with one attached hydrogen (secondary N) is 1. The topological polar surface area (TPSA) is 30.5 Å². The van der Waals surface area contributed by atoms with Crippen LogP contribution in [0.3, 0.4) is 0 Å². The van der Waals surface area contributed by atoms with E-state index < -0.39 is 0 Å². The van der Waals surface area contributed by atoms with Gasteiger partial charge in [0.2, 0.25) is 6.29 Å². The van der Waals surface area contributed by atoms with Gasteiger partial charge in [0, 0.05) is 6.92 Å². The van der Waals surface area contributed by atoms with Crippen molar-refractivity contribution < 1.29 is 9.47 Å². The Morgan fingerprint density at radius 1 is 1.19 bits per heavy atom. The number of rotatable bonds is 5. The molecule has 3 heteroatoms. The second kappa shape index (κ2) is 5.21. The lowest BCUT2D eigenvalue weighted by Crippen LogP contribution is -2.17. The zero-order chi connectivity index (χ0) is 11.4. The Hall–Kier alpha value is -1.22. The molecule has 0 radical (unpaired) electrons. The van der Waals surface area contributed by atoms with Crippen LogP contribution in [-0.4, -0.2) is 19.4 Å². The van der Waals surface area contributed by atoms with E-state index in [0.29, 0.717) is 0 Å². The number of hydrogen-bond donors (Lipinski definition) is 1. The van der Waals surface area contributed by atoms with E-state index >= 15 is 0 Å². The van der Waals surface area contributed by atoms with Gasteiger partial charge in [-0.1, -0.05) is 13.0 Å². The summed E-state index contributed by atoms with van der Waals surface area (Å²) in [6.45, 7) is 6.18. The maximum absolute atomic E-state index is 5.53. The summed E-state index contributed by atoms with van der Waals surface area (Å²) in [7, 11) is 0. The van der Waals surface area contributed by atoms with Crippen molar-refractivity contribution in [1.82, 2.24) is 5.32 Å². The second-order valence-electron chi connectivity index (χ2n) is 4.08. The summed E-state index contributed by atoms with van der Waals surface area (Å²) >= 11 is 0. The molecule has 0 amide bonds. The second-order valence-corrected chi connectivity index (χ2v) is 4.08. The molecular weight excluding hydrogens is 202 g/mol. The lowest BCUT2D eigenvalue weighted by molar-refractivity contribution is 0.0678. The largest absolute Gasteiger partial charge is 0.451 e. The van der Waals surface area contributed by atoms with Crippen molar-refractivity contribution in [3.63, 3.8) is 0 Å². The highest BCUT2D eigenvalue weighted by Crippen LogP contribution is 2.35. The summed E-state index contributed by atoms with van der Waals surface area (Å²) in [5, 5.41) is 3.39. The summed E-state index contributed by atoms with van der Waals surface area (Å²) in [6.07, 6.45) is 2.06. The van der Waals surface area contributed by atoms with E-state index in [-0.39, 0.29) is 6.29 Å². The summed E-state index contributed by atoms with van der Waals surface area (Å²) in [5.74, 6) is 1.73. The van der Waals surface area contributed by atoms with Crippen LogP contribution >= 0.6 is 0 Å². The maximum atomic E-state index is 5.53. The minimum Gasteiger partial charge on any atom is -0.451 e. The van der Waals surface area contributed by atoms with Gasteiger partial charge in [-0.3, -0.25) is 0 Å². The van der Waals surface area contributed by atoms with Crippen molar-refractivity contribution in [2.45, 2.75) is 33.0 Å². The van der Waals surface area contributed by atoms with E-state index in [1.165, 1.54) is 12.0 Å². The molecule has 0 spiro atoms. The average molecular weight is 221 g/mol. The van der Waals surface area contributed by atoms with Crippen LogP contribution in [0, 0.1) is 0 Å². The first-order valence-corrected chi connectivity index (χ1v) is 5.96. The van der Waals surface area contributed by atoms with E-state index in [9.17, 15) is 0 Å². The summed E-state index contributed by atoms with van der Waals surface area (Å²) in [5.41, 5.74) is 1.29. The summed E-state index contributed by atoms with van der Waals surface area (Å²) < 4.78 is 11.0. The molecule has 88 valence electrons. The smallest absolute Gasteiger partial charge is 0.238 e. The molecule has 1 atom stereocenters. The van der Waals surface area contributed by atoms with Gasteiger partial charge in [0.15, 0.2) is 11.5 Å². The van der Waals surface area contributed by atoms with Crippen LogP contribution in [0.2, 0.25) is 0 Å². The third kappa shape index (κ3) is 2.67. The third-order valence-corrected chi connectivity index (χ3v) is 2.61. The molecule has 0 bridgehead atoms. The molecule has 3 nitrogen and oxygen atoms in total. The summed E-state index contributed by atoms with van der Waals surface area (Å²) in [4.78, 5) is 0. The van der Waals surface area contributed by atoms with Crippen molar-refractivity contribution in [1.29, 1.82) is 0 Å². The zero-order valence-electron chi connectivity index (χ0n) is 9.95. The Bertz CT molecular complexity index is 352. The van der Waals surface area contributed by atoms with Crippen molar-refractivity contribution in [2.75, 3.05) is 13.1 Å². The first kappa shape index (κ1) is 11.3. The van der Waals surface area contributed by atoms with Gasteiger partial charge >= 0.3 is 0 Å². The number of benzene rings is 1. The van der Waals surface area contributed by atoms with Crippen molar-refractivity contribution in [2.24, 2.45) is 0 Å². The molecule has 0 fully saturated rings. The normalized spacial score (nSPS) is 17.8. The van der Waals surface area contributed by atoms with Crippen molar-refractivity contribution >= 4 is 0 Å². The van der Waals surface area contributed by atoms with E-state index in [1.807, 2.05) is 13.0 Å². The van der Waals surface area contributed by atoms with E-state index in [4.69, 9.17) is 9.47 Å². The molecule has 0 saturated heterocycles. The van der Waals surface area contributed by atoms with Gasteiger partial charge in [0.25, 0.3) is 0 Å². The highest BCUT2D eigenvalue weighted by molar-refractivity contribution is 5.45. The Balaban J connectivity index is 1.90. The first-order valence-electron chi connectivity index (χ1n) is 5.96. The fraction of sp³-hybridized carbons (Fsp3) is 0.538. The van der Waals surface area contributed by atoms with Crippen LogP contribution in [0.4, 0.5) is 0 Å². The minimum atomic E-state index is -0.150. The fourth-order valence-corrected chi connectivity index (χ4v) is 1.81. The predicted molar refractivity (Wildman–Crippen MR) is 64.0 cm³/mol. The Kier molecular flexibility index (Phi) is 3.67. The highest BCUT2D eigenvalue weighted by Gasteiger charge is 2.19. The standard InChI is InChI=1S/C13H19NO2/c1-3-7-14-8-6-11-4-5-12-13(9-11)16-10(2)15-12/h4-5,9-10,14H,3,6-8H2,1-2H3. The fourth-order valence-electron chi connectivity index (χ4n) is 1.81. The van der Waals surface area contributed by atoms with E-state index in [2.05, 4.69) is 24.4 Å². The average Bonchev–Trinajstić information content (AvgIpc) is 2.64. The monoisotopic (exact) mass is 221 g/mol. The lowest BCUT2D eigenvalue weighted by Gasteiger charge is -2.04. The van der Waals surface area contributed by atoms with Crippen LogP contribution in [0.25, 0.3) is 0 Å². The molecule has 16 heavy (non-hydrogen) atoms. The van der Waals surface area contributed by atoms with E-state index in [1.54, 1.807) is 0 Å². The van der Waals surface area contributed by atoms with Crippen LogP contribution in [-0.2, 0) is 6.42 Å². The highest BCUT2D eigenvalue weighted by atomic mass is 16.7. The first-order chi connectivity index (χ1) is 7.79. The van der Waals surface area contributed by atoms with Gasteiger partial charge < -0.3 is 14.8 Å². The van der Waals surface area contributed by atoms with Crippen molar-refractivity contribution in [3.05, 3.63) is 23.8 Å². The molecule has 0 saturated carbocycles. The molecule has 0 aliphatic carbocycles. The SMILES string of the molecule is CCCNCCc1ccc2c(c1)OC(C)O2. The van der Waals surface area contributed by atoms with Crippen molar-refractivity contribution in [3.8, 4) is 11.5 Å². The molecule has 1 N–H and O–H groups in total. The lowest BCUT2D eigenvalue weighted by atomic mass is 10.1. The van der Waals surface area contributed by atoms with Gasteiger partial charge in [-0.15, -0.1) is 0 Å². The molecule has 0 aromatic heterocycles. The number of fused-ring (bicyclic) bond motifs is 1. The van der Waals surface area contributed by atoms with Gasteiger partial charge in [0.1, 0.15) is 0 Å². The van der Waals surface area contributed by atoms with Crippen LogP contribution in [0.15, 0.2) is 18.2 Å². The molecular formula is C13H19NO2. The van der Waals surface area contributed by atoms with Gasteiger partial charge in [0.05, 0.1) is 0 Å². The van der Waals surface area contributed by atoms with Crippen LogP contribution in [0.5, 0.6) is 11.5 Å². The quantitative estimate of drug-likeness (QED) is 0.774. The zero-order valence-corrected chi connectivity index (χ0v) is 9.95. The van der Waals surface area contributed by atoms with Crippen LogP contribution < -0.4 is 14.8 Å². The maximum Gasteiger partial charge on any atom is 0.238 e. The molecule has 1 aliphatic heterocycles. The molecule has 2 rings (SSSR count). The Morgan fingerprint density at radius 3 is 2.81 bits per heavy atom. The third-order valence-electron chi connectivity index (χ3n) is 2.61. The molecule has 1 aromatic rings. The Morgan fingerprint density at radius 2 is 2.00 bits per heavy atom. The molecule has 1 heterocycles. The predicted octanol–water partition coefficient (Wildman–Crippen LogP) is 2.35. The number of hydrogen-bond acceptors (Lipinski definition) is 3. The molecule has 1 aromatic carbocycles.